The lowest BCUT2D eigenvalue weighted by molar-refractivity contribution is -0.130. The van der Waals surface area contributed by atoms with E-state index in [1.807, 2.05) is 12.1 Å². The smallest absolute Gasteiger partial charge is 0.293 e. The molecule has 2 unspecified atom stereocenters. The summed E-state index contributed by atoms with van der Waals surface area (Å²) in [6.07, 6.45) is 2.70. The van der Waals surface area contributed by atoms with Crippen molar-refractivity contribution >= 4 is 18.1 Å². The molecule has 1 amide bonds. The molecule has 0 saturated carbocycles. The van der Waals surface area contributed by atoms with E-state index in [2.05, 4.69) is 5.32 Å². The molecular formula is C25H30N4O8. The van der Waals surface area contributed by atoms with Gasteiger partial charge in [0.25, 0.3) is 12.4 Å². The van der Waals surface area contributed by atoms with Crippen LogP contribution < -0.4 is 45.6 Å². The minimum absolute atomic E-state index is 0.135. The molecule has 5 N–H and O–H groups in total. The van der Waals surface area contributed by atoms with Gasteiger partial charge in [-0.05, 0) is 36.1 Å². The number of nitrogens with two attached hydrogens (primary N) is 2. The fourth-order valence-corrected chi connectivity index (χ4v) is 4.53. The SMILES string of the molecule is COc1cc(N(N)/C=C(\N)C(=O)NC2c3cc4c(cc3CCC2COC=O)OCO4)cc(OC)c1OC. The third kappa shape index (κ3) is 5.28. The molecule has 1 aliphatic heterocycles. The van der Waals surface area contributed by atoms with Crippen LogP contribution in [0.25, 0.3) is 0 Å². The molecule has 2 atom stereocenters. The number of hydrogen-bond donors (Lipinski definition) is 3. The Kier molecular flexibility index (Phi) is 7.77. The molecule has 12 nitrogen and oxygen atoms in total. The van der Waals surface area contributed by atoms with E-state index in [4.69, 9.17) is 40.0 Å². The first-order valence-corrected chi connectivity index (χ1v) is 11.5. The number of ether oxygens (including phenoxy) is 6. The largest absolute Gasteiger partial charge is 0.493 e. The van der Waals surface area contributed by atoms with Crippen LogP contribution in [0.1, 0.15) is 23.6 Å². The Bertz CT molecular complexity index is 1180. The quantitative estimate of drug-likeness (QED) is 0.183. The van der Waals surface area contributed by atoms with Gasteiger partial charge in [0.1, 0.15) is 5.70 Å². The highest BCUT2D eigenvalue weighted by Crippen LogP contribution is 2.43. The zero-order chi connectivity index (χ0) is 26.5. The fourth-order valence-electron chi connectivity index (χ4n) is 4.53. The first kappa shape index (κ1) is 25.8. The maximum Gasteiger partial charge on any atom is 0.293 e. The van der Waals surface area contributed by atoms with E-state index in [0.29, 0.717) is 47.3 Å². The Balaban J connectivity index is 1.58. The van der Waals surface area contributed by atoms with Gasteiger partial charge in [-0.25, -0.2) is 5.84 Å². The summed E-state index contributed by atoms with van der Waals surface area (Å²) in [6, 6.07) is 6.52. The molecule has 37 heavy (non-hydrogen) atoms. The molecule has 0 spiro atoms. The minimum atomic E-state index is -0.547. The van der Waals surface area contributed by atoms with Gasteiger partial charge in [-0.2, -0.15) is 0 Å². The molecule has 2 aromatic carbocycles. The number of fused-ring (bicyclic) bond motifs is 2. The lowest BCUT2D eigenvalue weighted by Gasteiger charge is -2.34. The van der Waals surface area contributed by atoms with Crippen molar-refractivity contribution in [2.24, 2.45) is 17.5 Å². The van der Waals surface area contributed by atoms with Crippen molar-refractivity contribution in [2.75, 3.05) is 39.7 Å². The monoisotopic (exact) mass is 514 g/mol. The van der Waals surface area contributed by atoms with E-state index in [-0.39, 0.29) is 25.0 Å². The summed E-state index contributed by atoms with van der Waals surface area (Å²) in [5, 5.41) is 4.15. The number of benzene rings is 2. The number of amides is 1. The number of nitrogens with one attached hydrogen (secondary N) is 1. The van der Waals surface area contributed by atoms with E-state index >= 15 is 0 Å². The second-order valence-electron chi connectivity index (χ2n) is 8.46. The van der Waals surface area contributed by atoms with E-state index in [9.17, 15) is 9.59 Å². The molecule has 1 aliphatic carbocycles. The van der Waals surface area contributed by atoms with Crippen LogP contribution in [0.4, 0.5) is 5.69 Å². The van der Waals surface area contributed by atoms with Crippen LogP contribution in [0.3, 0.4) is 0 Å². The Morgan fingerprint density at radius 1 is 1.11 bits per heavy atom. The standard InChI is InChI=1S/C25H30N4O8/c1-32-21-7-16(8-22(33-2)24(21)34-3)29(27)10-18(26)25(31)28-23-15(11-35-12-30)5-4-14-6-19-20(9-17(14)23)37-13-36-19/h6-10,12,15,23H,4-5,11,13,26-27H2,1-3H3,(H,28,31)/b18-10-. The molecule has 0 bridgehead atoms. The molecule has 0 aromatic heterocycles. The lowest BCUT2D eigenvalue weighted by atomic mass is 9.79. The highest BCUT2D eigenvalue weighted by atomic mass is 16.7. The summed E-state index contributed by atoms with van der Waals surface area (Å²) >= 11 is 0. The van der Waals surface area contributed by atoms with Crippen molar-refractivity contribution < 1.29 is 38.0 Å². The zero-order valence-electron chi connectivity index (χ0n) is 20.8. The number of hydrazine groups is 1. The van der Waals surface area contributed by atoms with Gasteiger partial charge in [0.2, 0.25) is 12.5 Å². The summed E-state index contributed by atoms with van der Waals surface area (Å²) in [4.78, 5) is 24.0. The number of carbonyl (C=O) groups is 2. The van der Waals surface area contributed by atoms with Crippen molar-refractivity contribution in [1.29, 1.82) is 0 Å². The second-order valence-corrected chi connectivity index (χ2v) is 8.46. The molecule has 0 saturated heterocycles. The summed E-state index contributed by atoms with van der Waals surface area (Å²) in [5.74, 6) is 7.91. The maximum absolute atomic E-state index is 13.2. The Morgan fingerprint density at radius 3 is 2.41 bits per heavy atom. The van der Waals surface area contributed by atoms with E-state index < -0.39 is 11.9 Å². The number of carbonyl (C=O) groups excluding carboxylic acids is 2. The number of nitrogens with zero attached hydrogens (tertiary/aromatic N) is 1. The Hall–Kier alpha value is -4.32. The van der Waals surface area contributed by atoms with Crippen molar-refractivity contribution in [3.05, 3.63) is 47.3 Å². The summed E-state index contributed by atoms with van der Waals surface area (Å²) in [7, 11) is 4.46. The van der Waals surface area contributed by atoms with Crippen molar-refractivity contribution in [3.8, 4) is 28.7 Å². The van der Waals surface area contributed by atoms with Crippen LogP contribution in [0, 0.1) is 5.92 Å². The van der Waals surface area contributed by atoms with Crippen LogP contribution in [0.15, 0.2) is 36.2 Å². The Labute approximate surface area is 213 Å². The van der Waals surface area contributed by atoms with Gasteiger partial charge in [-0.15, -0.1) is 0 Å². The van der Waals surface area contributed by atoms with E-state index in [0.717, 1.165) is 17.5 Å². The van der Waals surface area contributed by atoms with Gasteiger partial charge in [0.05, 0.1) is 39.7 Å². The van der Waals surface area contributed by atoms with Gasteiger partial charge in [-0.3, -0.25) is 14.6 Å². The number of methoxy groups -OCH3 is 3. The topological polar surface area (TPSA) is 157 Å². The zero-order valence-corrected chi connectivity index (χ0v) is 20.8. The van der Waals surface area contributed by atoms with Crippen molar-refractivity contribution in [3.63, 3.8) is 0 Å². The number of rotatable bonds is 10. The van der Waals surface area contributed by atoms with Crippen LogP contribution in [0.2, 0.25) is 0 Å². The Morgan fingerprint density at radius 2 is 1.78 bits per heavy atom. The molecule has 1 heterocycles. The van der Waals surface area contributed by atoms with Crippen LogP contribution >= 0.6 is 0 Å². The minimum Gasteiger partial charge on any atom is -0.493 e. The number of hydrogen-bond acceptors (Lipinski definition) is 11. The summed E-state index contributed by atoms with van der Waals surface area (Å²) in [5.41, 5.74) is 8.30. The van der Waals surface area contributed by atoms with Crippen molar-refractivity contribution in [1.82, 2.24) is 5.32 Å². The van der Waals surface area contributed by atoms with Crippen molar-refractivity contribution in [2.45, 2.75) is 18.9 Å². The predicted molar refractivity (Wildman–Crippen MR) is 132 cm³/mol. The van der Waals surface area contributed by atoms with Crippen LogP contribution in [-0.4, -0.2) is 47.1 Å². The third-order valence-electron chi connectivity index (χ3n) is 6.38. The van der Waals surface area contributed by atoms with Gasteiger partial charge in [-0.1, -0.05) is 0 Å². The first-order valence-electron chi connectivity index (χ1n) is 11.5. The molecule has 2 aromatic rings. The van der Waals surface area contributed by atoms with Crippen LogP contribution in [0.5, 0.6) is 28.7 Å². The fraction of sp³-hybridized carbons (Fsp3) is 0.360. The lowest BCUT2D eigenvalue weighted by Crippen LogP contribution is -2.41. The van der Waals surface area contributed by atoms with E-state index in [1.54, 1.807) is 12.1 Å². The third-order valence-corrected chi connectivity index (χ3v) is 6.38. The molecule has 12 heteroatoms. The number of anilines is 1. The summed E-state index contributed by atoms with van der Waals surface area (Å²) < 4.78 is 32.1. The normalized spacial score (nSPS) is 17.9. The molecule has 4 rings (SSSR count). The van der Waals surface area contributed by atoms with Gasteiger partial charge >= 0.3 is 0 Å². The average molecular weight is 515 g/mol. The highest BCUT2D eigenvalue weighted by molar-refractivity contribution is 5.93. The highest BCUT2D eigenvalue weighted by Gasteiger charge is 2.34. The van der Waals surface area contributed by atoms with Crippen LogP contribution in [-0.2, 0) is 20.7 Å². The second kappa shape index (κ2) is 11.2. The molecular weight excluding hydrogens is 484 g/mol. The molecule has 2 aliphatic rings. The average Bonchev–Trinajstić information content (AvgIpc) is 3.37. The first-order chi connectivity index (χ1) is 17.9. The molecule has 198 valence electrons. The van der Waals surface area contributed by atoms with Gasteiger partial charge in [0.15, 0.2) is 23.0 Å². The maximum atomic E-state index is 13.2. The van der Waals surface area contributed by atoms with Gasteiger partial charge < -0.3 is 39.5 Å². The number of aryl methyl sites for hydroxylation is 1. The molecule has 0 radical (unpaired) electrons. The summed E-state index contributed by atoms with van der Waals surface area (Å²) in [6.45, 7) is 0.669. The predicted octanol–water partition coefficient (Wildman–Crippen LogP) is 1.51. The molecule has 0 fully saturated rings. The van der Waals surface area contributed by atoms with E-state index in [1.165, 1.54) is 32.5 Å². The van der Waals surface area contributed by atoms with Gasteiger partial charge in [0, 0.05) is 24.3 Å².